The van der Waals surface area contributed by atoms with E-state index < -0.39 is 0 Å². The number of hydrogen-bond acceptors (Lipinski definition) is 5. The molecule has 0 bridgehead atoms. The number of pyridine rings is 1. The van der Waals surface area contributed by atoms with Crippen LogP contribution >= 0.6 is 0 Å². The summed E-state index contributed by atoms with van der Waals surface area (Å²) in [5.74, 6) is 1.62. The lowest BCUT2D eigenvalue weighted by molar-refractivity contribution is 0.0643. The Morgan fingerprint density at radius 1 is 1.15 bits per heavy atom. The molecule has 6 heteroatoms. The van der Waals surface area contributed by atoms with Crippen LogP contribution in [-0.4, -0.2) is 60.5 Å². The van der Waals surface area contributed by atoms with E-state index >= 15 is 0 Å². The zero-order valence-electron chi connectivity index (χ0n) is 15.4. The van der Waals surface area contributed by atoms with E-state index in [9.17, 15) is 4.79 Å². The van der Waals surface area contributed by atoms with E-state index in [4.69, 9.17) is 4.74 Å². The molecule has 2 aromatic rings. The van der Waals surface area contributed by atoms with Crippen LogP contribution in [0.3, 0.4) is 0 Å². The molecule has 0 saturated carbocycles. The molecule has 1 amide bonds. The highest BCUT2D eigenvalue weighted by Crippen LogP contribution is 2.15. The van der Waals surface area contributed by atoms with Gasteiger partial charge in [0.1, 0.15) is 11.6 Å². The molecule has 0 atom stereocenters. The first-order valence-electron chi connectivity index (χ1n) is 9.04. The fourth-order valence-electron chi connectivity index (χ4n) is 3.05. The van der Waals surface area contributed by atoms with E-state index in [1.165, 1.54) is 0 Å². The maximum atomic E-state index is 12.7. The summed E-state index contributed by atoms with van der Waals surface area (Å²) in [5.41, 5.74) is 1.81. The van der Waals surface area contributed by atoms with Crippen LogP contribution < -0.4 is 10.1 Å². The molecule has 1 fully saturated rings. The Morgan fingerprint density at radius 2 is 1.88 bits per heavy atom. The largest absolute Gasteiger partial charge is 0.497 e. The molecule has 1 aromatic carbocycles. The predicted octanol–water partition coefficient (Wildman–Crippen LogP) is 2.48. The molecule has 1 aliphatic heterocycles. The molecule has 0 aliphatic carbocycles. The third-order valence-electron chi connectivity index (χ3n) is 4.75. The Kier molecular flexibility index (Phi) is 6.07. The lowest BCUT2D eigenvalue weighted by atomic mass is 10.2. The Bertz CT molecular complexity index is 725. The number of carbonyl (C=O) groups is 1. The minimum absolute atomic E-state index is 0.0793. The van der Waals surface area contributed by atoms with Crippen LogP contribution in [-0.2, 0) is 6.54 Å². The average Bonchev–Trinajstić information content (AvgIpc) is 2.72. The number of aromatic nitrogens is 1. The molecule has 1 aromatic heterocycles. The van der Waals surface area contributed by atoms with Crippen LogP contribution in [0.2, 0.25) is 0 Å². The number of amides is 1. The van der Waals surface area contributed by atoms with Crippen molar-refractivity contribution in [2.75, 3.05) is 45.2 Å². The minimum Gasteiger partial charge on any atom is -0.497 e. The van der Waals surface area contributed by atoms with Gasteiger partial charge in [0.05, 0.1) is 7.11 Å². The number of methoxy groups -OCH3 is 1. The number of benzene rings is 1. The van der Waals surface area contributed by atoms with Gasteiger partial charge in [-0.25, -0.2) is 4.98 Å². The summed E-state index contributed by atoms with van der Waals surface area (Å²) in [6.45, 7) is 7.28. The molecule has 0 radical (unpaired) electrons. The number of nitrogens with one attached hydrogen (secondary N) is 1. The van der Waals surface area contributed by atoms with Crippen LogP contribution in [0.1, 0.15) is 22.8 Å². The summed E-state index contributed by atoms with van der Waals surface area (Å²) in [6, 6.07) is 11.5. The van der Waals surface area contributed by atoms with Gasteiger partial charge in [0.15, 0.2) is 0 Å². The summed E-state index contributed by atoms with van der Waals surface area (Å²) in [5, 5.41) is 3.28. The molecule has 0 spiro atoms. The lowest BCUT2D eigenvalue weighted by Gasteiger charge is -2.34. The van der Waals surface area contributed by atoms with Gasteiger partial charge in [0.2, 0.25) is 0 Å². The van der Waals surface area contributed by atoms with Crippen LogP contribution in [0.5, 0.6) is 5.75 Å². The van der Waals surface area contributed by atoms with E-state index in [1.54, 1.807) is 19.4 Å². The van der Waals surface area contributed by atoms with Gasteiger partial charge in [-0.15, -0.1) is 0 Å². The molecule has 1 N–H and O–H groups in total. The van der Waals surface area contributed by atoms with Crippen molar-refractivity contribution in [1.82, 2.24) is 14.8 Å². The van der Waals surface area contributed by atoms with Crippen LogP contribution in [0.25, 0.3) is 0 Å². The summed E-state index contributed by atoms with van der Waals surface area (Å²) >= 11 is 0. The lowest BCUT2D eigenvalue weighted by Crippen LogP contribution is -2.48. The van der Waals surface area contributed by atoms with Gasteiger partial charge in [-0.1, -0.05) is 19.1 Å². The van der Waals surface area contributed by atoms with Gasteiger partial charge in [-0.3, -0.25) is 4.79 Å². The Labute approximate surface area is 154 Å². The minimum atomic E-state index is 0.0793. The number of rotatable bonds is 6. The second-order valence-corrected chi connectivity index (χ2v) is 6.36. The van der Waals surface area contributed by atoms with Crippen molar-refractivity contribution in [1.29, 1.82) is 0 Å². The number of hydrogen-bond donors (Lipinski definition) is 1. The molecule has 138 valence electrons. The number of nitrogens with zero attached hydrogens (tertiary/aromatic N) is 3. The van der Waals surface area contributed by atoms with Crippen molar-refractivity contribution in [2.24, 2.45) is 0 Å². The topological polar surface area (TPSA) is 57.7 Å². The monoisotopic (exact) mass is 354 g/mol. The third-order valence-corrected chi connectivity index (χ3v) is 4.75. The summed E-state index contributed by atoms with van der Waals surface area (Å²) in [6.07, 6.45) is 1.69. The van der Waals surface area contributed by atoms with E-state index in [2.05, 4.69) is 22.1 Å². The summed E-state index contributed by atoms with van der Waals surface area (Å²) in [7, 11) is 1.65. The van der Waals surface area contributed by atoms with Crippen molar-refractivity contribution in [3.63, 3.8) is 0 Å². The van der Waals surface area contributed by atoms with Crippen molar-refractivity contribution in [3.05, 3.63) is 53.7 Å². The average molecular weight is 354 g/mol. The van der Waals surface area contributed by atoms with E-state index in [-0.39, 0.29) is 5.91 Å². The quantitative estimate of drug-likeness (QED) is 0.864. The number of ether oxygens (including phenoxy) is 1. The fourth-order valence-corrected chi connectivity index (χ4v) is 3.05. The maximum absolute atomic E-state index is 12.7. The van der Waals surface area contributed by atoms with Crippen LogP contribution in [0.15, 0.2) is 42.6 Å². The maximum Gasteiger partial charge on any atom is 0.254 e. The third kappa shape index (κ3) is 4.52. The molecule has 0 unspecified atom stereocenters. The van der Waals surface area contributed by atoms with Crippen LogP contribution in [0.4, 0.5) is 5.82 Å². The summed E-state index contributed by atoms with van der Waals surface area (Å²) < 4.78 is 5.17. The predicted molar refractivity (Wildman–Crippen MR) is 103 cm³/mol. The zero-order chi connectivity index (χ0) is 18.4. The highest BCUT2D eigenvalue weighted by atomic mass is 16.5. The van der Waals surface area contributed by atoms with E-state index in [0.29, 0.717) is 17.9 Å². The normalized spacial score (nSPS) is 14.9. The number of anilines is 1. The molecule has 3 rings (SSSR count). The highest BCUT2D eigenvalue weighted by molar-refractivity contribution is 5.94. The fraction of sp³-hybridized carbons (Fsp3) is 0.400. The van der Waals surface area contributed by atoms with Gasteiger partial charge >= 0.3 is 0 Å². The first-order valence-corrected chi connectivity index (χ1v) is 9.04. The second-order valence-electron chi connectivity index (χ2n) is 6.36. The van der Waals surface area contributed by atoms with Gasteiger partial charge in [0, 0.05) is 44.5 Å². The van der Waals surface area contributed by atoms with Gasteiger partial charge in [-0.05, 0) is 36.4 Å². The smallest absolute Gasteiger partial charge is 0.254 e. The molecule has 26 heavy (non-hydrogen) atoms. The Morgan fingerprint density at radius 3 is 2.54 bits per heavy atom. The highest BCUT2D eigenvalue weighted by Gasteiger charge is 2.21. The molecule has 1 aliphatic rings. The number of carbonyl (C=O) groups excluding carboxylic acids is 1. The van der Waals surface area contributed by atoms with Crippen molar-refractivity contribution >= 4 is 11.7 Å². The zero-order valence-corrected chi connectivity index (χ0v) is 15.4. The first kappa shape index (κ1) is 18.2. The Hall–Kier alpha value is -2.60. The molecular formula is C20H26N4O2. The molecular weight excluding hydrogens is 328 g/mol. The molecule has 6 nitrogen and oxygen atoms in total. The van der Waals surface area contributed by atoms with Crippen molar-refractivity contribution in [2.45, 2.75) is 13.5 Å². The molecule has 1 saturated heterocycles. The van der Waals surface area contributed by atoms with E-state index in [0.717, 1.165) is 44.0 Å². The van der Waals surface area contributed by atoms with Gasteiger partial charge in [0.25, 0.3) is 5.91 Å². The second kappa shape index (κ2) is 8.67. The standard InChI is InChI=1S/C20H26N4O2/c1-3-23-10-12-24(13-11-23)20(25)17-8-9-21-19(14-17)22-15-16-4-6-18(26-2)7-5-16/h4-9,14H,3,10-13,15H2,1-2H3,(H,21,22). The number of likely N-dealkylation sites (N-methyl/N-ethyl adjacent to an activating group) is 1. The van der Waals surface area contributed by atoms with Crippen molar-refractivity contribution in [3.8, 4) is 5.75 Å². The van der Waals surface area contributed by atoms with Crippen molar-refractivity contribution < 1.29 is 9.53 Å². The van der Waals surface area contributed by atoms with Crippen LogP contribution in [0, 0.1) is 0 Å². The van der Waals surface area contributed by atoms with Gasteiger partial charge < -0.3 is 19.9 Å². The first-order chi connectivity index (χ1) is 12.7. The number of piperazine rings is 1. The van der Waals surface area contributed by atoms with E-state index in [1.807, 2.05) is 35.2 Å². The molecule has 2 heterocycles. The summed E-state index contributed by atoms with van der Waals surface area (Å²) in [4.78, 5) is 21.3. The SMILES string of the molecule is CCN1CCN(C(=O)c2ccnc(NCc3ccc(OC)cc3)c2)CC1. The Balaban J connectivity index is 1.59. The van der Waals surface area contributed by atoms with Gasteiger partial charge in [-0.2, -0.15) is 0 Å².